The number of amides is 4. The molecule has 14 heteroatoms. The van der Waals surface area contributed by atoms with E-state index in [9.17, 15) is 19.2 Å². The lowest BCUT2D eigenvalue weighted by Gasteiger charge is -2.31. The van der Waals surface area contributed by atoms with Gasteiger partial charge in [0, 0.05) is 34.4 Å². The largest absolute Gasteiger partial charge is 0.480 e. The number of hydrogen-bond acceptors (Lipinski definition) is 7. The first-order valence-corrected chi connectivity index (χ1v) is 21.2. The van der Waals surface area contributed by atoms with E-state index in [1.165, 1.54) is 30.7 Å². The molecule has 4 N–H and O–H groups in total. The molecule has 0 bridgehead atoms. The van der Waals surface area contributed by atoms with E-state index < -0.39 is 29.5 Å². The summed E-state index contributed by atoms with van der Waals surface area (Å²) in [5, 5.41) is 17.0. The Bertz CT molecular complexity index is 2260. The van der Waals surface area contributed by atoms with Crippen molar-refractivity contribution < 1.29 is 23.9 Å². The maximum Gasteiger partial charge on any atom is 0.302 e. The van der Waals surface area contributed by atoms with E-state index in [0.29, 0.717) is 23.5 Å². The minimum Gasteiger partial charge on any atom is -0.480 e. The second-order valence-electron chi connectivity index (χ2n) is 16.2. The van der Waals surface area contributed by atoms with Crippen LogP contribution >= 0.6 is 34.8 Å². The monoisotopic (exact) mass is 874 g/mol. The number of unbranched alkanes of at least 4 members (excludes halogenated alkanes) is 1. The third-order valence-electron chi connectivity index (χ3n) is 11.0. The van der Waals surface area contributed by atoms with E-state index >= 15 is 0 Å². The number of ether oxygens (including phenoxy) is 1. The molecule has 0 spiro atoms. The van der Waals surface area contributed by atoms with E-state index in [1.807, 2.05) is 6.07 Å². The lowest BCUT2D eigenvalue weighted by atomic mass is 9.76. The van der Waals surface area contributed by atoms with Gasteiger partial charge in [0.1, 0.15) is 11.4 Å². The molecule has 0 fully saturated rings. The predicted molar refractivity (Wildman–Crippen MR) is 243 cm³/mol. The van der Waals surface area contributed by atoms with Crippen molar-refractivity contribution in [1.29, 1.82) is 0 Å². The van der Waals surface area contributed by atoms with Gasteiger partial charge in [-0.15, -0.1) is 5.10 Å². The van der Waals surface area contributed by atoms with Gasteiger partial charge < -0.3 is 26.0 Å². The van der Waals surface area contributed by atoms with Crippen LogP contribution in [0.5, 0.6) is 5.75 Å². The number of nitrogens with one attached hydrogen (secondary N) is 4. The fraction of sp³-hybridized carbons (Fsp3) is 0.370. The van der Waals surface area contributed by atoms with Crippen LogP contribution in [-0.4, -0.2) is 41.2 Å². The highest BCUT2D eigenvalue weighted by Gasteiger charge is 2.55. The number of amidine groups is 1. The van der Waals surface area contributed by atoms with Gasteiger partial charge in [-0.1, -0.05) is 126 Å². The number of hydrazone groups is 1. The number of halogens is 3. The number of nitrogens with zero attached hydrogens (tertiary/aromatic N) is 2. The van der Waals surface area contributed by atoms with E-state index in [2.05, 4.69) is 87.0 Å². The summed E-state index contributed by atoms with van der Waals surface area (Å²) in [4.78, 5) is 55.4. The van der Waals surface area contributed by atoms with Crippen LogP contribution in [0.25, 0.3) is 0 Å². The second-order valence-corrected chi connectivity index (χ2v) is 17.4. The van der Waals surface area contributed by atoms with Crippen molar-refractivity contribution in [3.63, 3.8) is 0 Å². The minimum atomic E-state index is -2.12. The van der Waals surface area contributed by atoms with Gasteiger partial charge in [0.2, 0.25) is 5.91 Å². The Morgan fingerprint density at radius 3 is 2.08 bits per heavy atom. The molecule has 4 aromatic rings. The Morgan fingerprint density at radius 2 is 1.47 bits per heavy atom. The highest BCUT2D eigenvalue weighted by molar-refractivity contribution is 6.43. The number of hydrogen-bond donors (Lipinski definition) is 4. The molecule has 4 aromatic carbocycles. The third kappa shape index (κ3) is 10.3. The van der Waals surface area contributed by atoms with Gasteiger partial charge in [-0.25, -0.2) is 0 Å². The summed E-state index contributed by atoms with van der Waals surface area (Å²) in [7, 11) is 0. The molecule has 318 valence electrons. The molecule has 0 aliphatic carbocycles. The zero-order valence-electron chi connectivity index (χ0n) is 35.3. The van der Waals surface area contributed by atoms with E-state index in [-0.39, 0.29) is 48.9 Å². The van der Waals surface area contributed by atoms with Crippen molar-refractivity contribution in [2.24, 2.45) is 5.10 Å². The minimum absolute atomic E-state index is 0.000955. The molecule has 2 atom stereocenters. The number of para-hydroxylation sites is 1. The quantitative estimate of drug-likeness (QED) is 0.0826. The maximum absolute atomic E-state index is 14.5. The molecule has 11 nitrogen and oxygen atoms in total. The molecular formula is C46H53Cl3N6O5. The Labute approximate surface area is 367 Å². The SMILES string of the molecule is CCCCC(Oc1ccc(C(C)(C)CC)cc1C(C)(C)CC)C(=O)Nc1cccc(C(=O)NC2=NN(c3c(Cl)cc(Cl)cc3Cl)C(=O)C2(NC(C)=O)Nc2ccccc2)c1. The van der Waals surface area contributed by atoms with Gasteiger partial charge in [0.15, 0.2) is 11.9 Å². The van der Waals surface area contributed by atoms with Crippen LogP contribution in [0.1, 0.15) is 109 Å². The molecule has 4 amide bonds. The van der Waals surface area contributed by atoms with Crippen molar-refractivity contribution in [1.82, 2.24) is 10.6 Å². The smallest absolute Gasteiger partial charge is 0.302 e. The van der Waals surface area contributed by atoms with Crippen molar-refractivity contribution in [3.05, 3.63) is 117 Å². The van der Waals surface area contributed by atoms with Crippen molar-refractivity contribution in [3.8, 4) is 5.75 Å². The zero-order chi connectivity index (χ0) is 44.0. The number of anilines is 3. The number of benzene rings is 4. The summed E-state index contributed by atoms with van der Waals surface area (Å²) < 4.78 is 6.61. The molecule has 0 aromatic heterocycles. The topological polar surface area (TPSA) is 141 Å². The van der Waals surface area contributed by atoms with Crippen LogP contribution in [0.3, 0.4) is 0 Å². The molecule has 60 heavy (non-hydrogen) atoms. The molecule has 1 aliphatic rings. The van der Waals surface area contributed by atoms with Crippen LogP contribution in [-0.2, 0) is 25.2 Å². The van der Waals surface area contributed by atoms with Gasteiger partial charge in [-0.05, 0) is 90.6 Å². The van der Waals surface area contributed by atoms with Gasteiger partial charge in [-0.2, -0.15) is 5.01 Å². The molecule has 0 saturated carbocycles. The Hall–Kier alpha value is -5.10. The van der Waals surface area contributed by atoms with Crippen molar-refractivity contribution in [2.45, 2.75) is 110 Å². The maximum atomic E-state index is 14.5. The van der Waals surface area contributed by atoms with Crippen LogP contribution < -0.4 is 31.0 Å². The summed E-state index contributed by atoms with van der Waals surface area (Å²) in [6.45, 7) is 16.4. The van der Waals surface area contributed by atoms with Gasteiger partial charge in [-0.3, -0.25) is 19.2 Å². The summed E-state index contributed by atoms with van der Waals surface area (Å²) in [5.41, 5.74) is 0.749. The Morgan fingerprint density at radius 1 is 0.817 bits per heavy atom. The molecule has 0 radical (unpaired) electrons. The first-order chi connectivity index (χ1) is 28.3. The number of carbonyl (C=O) groups excluding carboxylic acids is 4. The average Bonchev–Trinajstić information content (AvgIpc) is 3.44. The summed E-state index contributed by atoms with van der Waals surface area (Å²) in [5.74, 6) is -2.11. The summed E-state index contributed by atoms with van der Waals surface area (Å²) in [6.07, 6.45) is 3.11. The fourth-order valence-corrected chi connectivity index (χ4v) is 7.63. The van der Waals surface area contributed by atoms with E-state index in [0.717, 1.165) is 36.3 Å². The van der Waals surface area contributed by atoms with Crippen LogP contribution in [0, 0.1) is 0 Å². The van der Waals surface area contributed by atoms with E-state index in [1.54, 1.807) is 48.5 Å². The van der Waals surface area contributed by atoms with Gasteiger partial charge >= 0.3 is 5.91 Å². The van der Waals surface area contributed by atoms with Crippen molar-refractivity contribution >= 4 is 81.3 Å². The average molecular weight is 876 g/mol. The molecule has 1 heterocycles. The normalized spacial score (nSPS) is 15.9. The lowest BCUT2D eigenvalue weighted by molar-refractivity contribution is -0.127. The van der Waals surface area contributed by atoms with Crippen molar-refractivity contribution in [2.75, 3.05) is 15.6 Å². The highest BCUT2D eigenvalue weighted by Crippen LogP contribution is 2.41. The van der Waals surface area contributed by atoms with Crippen LogP contribution in [0.4, 0.5) is 17.1 Å². The zero-order valence-corrected chi connectivity index (χ0v) is 37.5. The van der Waals surface area contributed by atoms with Crippen LogP contribution in [0.2, 0.25) is 15.1 Å². The van der Waals surface area contributed by atoms with Gasteiger partial charge in [0.05, 0.1) is 10.0 Å². The molecule has 1 aliphatic heterocycles. The fourth-order valence-electron chi connectivity index (χ4n) is 6.65. The first-order valence-electron chi connectivity index (χ1n) is 20.1. The molecule has 0 saturated heterocycles. The lowest BCUT2D eigenvalue weighted by Crippen LogP contribution is -2.67. The number of carbonyl (C=O) groups is 4. The van der Waals surface area contributed by atoms with Crippen LogP contribution in [0.15, 0.2) is 90.0 Å². The highest BCUT2D eigenvalue weighted by atomic mass is 35.5. The third-order valence-corrected chi connectivity index (χ3v) is 11.8. The van der Waals surface area contributed by atoms with E-state index in [4.69, 9.17) is 39.5 Å². The predicted octanol–water partition coefficient (Wildman–Crippen LogP) is 10.6. The first kappa shape index (κ1) is 46.0. The Kier molecular flexibility index (Phi) is 14.6. The Balaban J connectivity index is 1.46. The summed E-state index contributed by atoms with van der Waals surface area (Å²) in [6, 6.07) is 24.0. The molecule has 5 rings (SSSR count). The molecular weight excluding hydrogens is 823 g/mol. The molecule has 2 unspecified atom stereocenters. The second kappa shape index (κ2) is 19.1. The number of rotatable bonds is 16. The summed E-state index contributed by atoms with van der Waals surface area (Å²) >= 11 is 19.2. The standard InChI is InChI=1S/C46H53Cl3N6O5/c1-9-12-21-38(60-37-23-22-30(44(5,6)10-2)25-34(37)45(7,8)11-3)41(58)50-33-20-16-17-29(24-33)40(57)51-42-46(52-28(4)56,53-32-18-14-13-15-19-32)43(59)55(54-42)39-35(48)26-31(47)27-36(39)49/h13-20,22-27,38,53H,9-12,21H2,1-8H3,(H,50,58)(H,52,56)(H,51,54,57). The van der Waals surface area contributed by atoms with Gasteiger partial charge in [0.25, 0.3) is 17.5 Å².